The number of nitrogens with one attached hydrogen (secondary N) is 1. The van der Waals surface area contributed by atoms with Crippen LogP contribution in [0.1, 0.15) is 38.4 Å². The summed E-state index contributed by atoms with van der Waals surface area (Å²) in [4.78, 5) is 10.1. The van der Waals surface area contributed by atoms with Crippen LogP contribution in [-0.2, 0) is 0 Å². The normalized spacial score (nSPS) is 14.2. The third kappa shape index (κ3) is 4.43. The van der Waals surface area contributed by atoms with Crippen LogP contribution in [0.15, 0.2) is 24.3 Å². The smallest absolute Gasteiger partial charge is 0.269 e. The average Bonchev–Trinajstić information content (AvgIpc) is 2.36. The second-order valence-corrected chi connectivity index (χ2v) is 4.46. The first kappa shape index (κ1) is 14.6. The number of benzene rings is 1. The van der Waals surface area contributed by atoms with E-state index in [9.17, 15) is 15.2 Å². The highest BCUT2D eigenvalue weighted by Gasteiger charge is 2.11. The number of nitro benzene ring substituents is 1. The van der Waals surface area contributed by atoms with E-state index in [0.29, 0.717) is 18.2 Å². The summed E-state index contributed by atoms with van der Waals surface area (Å²) in [6, 6.07) is 6.37. The van der Waals surface area contributed by atoms with Crippen molar-refractivity contribution in [3.63, 3.8) is 0 Å². The molecule has 0 aliphatic rings. The Balaban J connectivity index is 2.51. The summed E-state index contributed by atoms with van der Waals surface area (Å²) in [5.74, 6) is 0. The van der Waals surface area contributed by atoms with Crippen LogP contribution in [0.4, 0.5) is 5.69 Å². The standard InChI is InChI=1S/C13H20N2O3/c1-3-4-10(2)14-9-13(16)11-5-7-12(8-6-11)15(17)18/h5-8,10,13-14,16H,3-4,9H2,1-2H3. The van der Waals surface area contributed by atoms with Gasteiger partial charge in [-0.3, -0.25) is 10.1 Å². The van der Waals surface area contributed by atoms with Gasteiger partial charge < -0.3 is 10.4 Å². The molecule has 18 heavy (non-hydrogen) atoms. The molecular weight excluding hydrogens is 232 g/mol. The molecule has 0 spiro atoms. The number of non-ortho nitro benzene ring substituents is 1. The Labute approximate surface area is 107 Å². The Morgan fingerprint density at radius 2 is 2.00 bits per heavy atom. The van der Waals surface area contributed by atoms with Gasteiger partial charge in [0.15, 0.2) is 0 Å². The van der Waals surface area contributed by atoms with Crippen LogP contribution >= 0.6 is 0 Å². The van der Waals surface area contributed by atoms with Crippen molar-refractivity contribution in [2.45, 2.75) is 38.8 Å². The van der Waals surface area contributed by atoms with E-state index < -0.39 is 11.0 Å². The van der Waals surface area contributed by atoms with Crippen LogP contribution in [-0.4, -0.2) is 22.6 Å². The number of hydrogen-bond acceptors (Lipinski definition) is 4. The van der Waals surface area contributed by atoms with Crippen molar-refractivity contribution in [1.29, 1.82) is 0 Å². The topological polar surface area (TPSA) is 75.4 Å². The second kappa shape index (κ2) is 7.08. The molecule has 0 saturated carbocycles. The Kier molecular flexibility index (Phi) is 5.74. The predicted molar refractivity (Wildman–Crippen MR) is 70.4 cm³/mol. The zero-order valence-electron chi connectivity index (χ0n) is 10.8. The van der Waals surface area contributed by atoms with Crippen molar-refractivity contribution >= 4 is 5.69 Å². The summed E-state index contributed by atoms with van der Waals surface area (Å²) in [5, 5.41) is 23.7. The van der Waals surface area contributed by atoms with Gasteiger partial charge in [-0.25, -0.2) is 0 Å². The number of hydrogen-bond donors (Lipinski definition) is 2. The fourth-order valence-corrected chi connectivity index (χ4v) is 1.78. The summed E-state index contributed by atoms with van der Waals surface area (Å²) in [7, 11) is 0. The lowest BCUT2D eigenvalue weighted by Crippen LogP contribution is -2.30. The maximum absolute atomic E-state index is 10.5. The summed E-state index contributed by atoms with van der Waals surface area (Å²) in [6.45, 7) is 4.65. The van der Waals surface area contributed by atoms with E-state index in [1.807, 2.05) is 0 Å². The molecule has 0 aromatic heterocycles. The number of aliphatic hydroxyl groups is 1. The summed E-state index contributed by atoms with van der Waals surface area (Å²) in [6.07, 6.45) is 1.53. The zero-order valence-corrected chi connectivity index (χ0v) is 10.8. The lowest BCUT2D eigenvalue weighted by Gasteiger charge is -2.16. The summed E-state index contributed by atoms with van der Waals surface area (Å²) >= 11 is 0. The highest BCUT2D eigenvalue weighted by Crippen LogP contribution is 2.17. The number of rotatable bonds is 7. The summed E-state index contributed by atoms with van der Waals surface area (Å²) < 4.78 is 0. The Hall–Kier alpha value is -1.46. The molecular formula is C13H20N2O3. The fraction of sp³-hybridized carbons (Fsp3) is 0.538. The minimum atomic E-state index is -0.634. The van der Waals surface area contributed by atoms with Crippen molar-refractivity contribution in [2.75, 3.05) is 6.54 Å². The molecule has 5 heteroatoms. The van der Waals surface area contributed by atoms with Gasteiger partial charge in [0.2, 0.25) is 0 Å². The molecule has 0 aliphatic carbocycles. The van der Waals surface area contributed by atoms with Gasteiger partial charge >= 0.3 is 0 Å². The van der Waals surface area contributed by atoms with Gasteiger partial charge in [-0.15, -0.1) is 0 Å². The Bertz CT molecular complexity index is 378. The molecule has 1 aromatic carbocycles. The highest BCUT2D eigenvalue weighted by molar-refractivity contribution is 5.33. The van der Waals surface area contributed by atoms with E-state index >= 15 is 0 Å². The number of aliphatic hydroxyl groups excluding tert-OH is 1. The minimum absolute atomic E-state index is 0.0401. The largest absolute Gasteiger partial charge is 0.387 e. The van der Waals surface area contributed by atoms with Crippen LogP contribution in [0.3, 0.4) is 0 Å². The summed E-state index contributed by atoms with van der Waals surface area (Å²) in [5.41, 5.74) is 0.732. The third-order valence-electron chi connectivity index (χ3n) is 2.87. The number of nitro groups is 1. The van der Waals surface area contributed by atoms with Crippen LogP contribution < -0.4 is 5.32 Å². The molecule has 1 rings (SSSR count). The molecule has 0 bridgehead atoms. The molecule has 0 heterocycles. The van der Waals surface area contributed by atoms with Crippen molar-refractivity contribution < 1.29 is 10.0 Å². The second-order valence-electron chi connectivity index (χ2n) is 4.46. The molecule has 2 atom stereocenters. The van der Waals surface area contributed by atoms with Gasteiger partial charge in [-0.1, -0.05) is 13.3 Å². The first-order chi connectivity index (χ1) is 8.54. The zero-order chi connectivity index (χ0) is 13.5. The van der Waals surface area contributed by atoms with E-state index in [4.69, 9.17) is 0 Å². The fourth-order valence-electron chi connectivity index (χ4n) is 1.78. The maximum Gasteiger partial charge on any atom is 0.269 e. The number of nitrogens with zero attached hydrogens (tertiary/aromatic N) is 1. The lowest BCUT2D eigenvalue weighted by molar-refractivity contribution is -0.384. The lowest BCUT2D eigenvalue weighted by atomic mass is 10.1. The van der Waals surface area contributed by atoms with Gasteiger partial charge in [0, 0.05) is 24.7 Å². The first-order valence-electron chi connectivity index (χ1n) is 6.20. The molecule has 0 amide bonds. The van der Waals surface area contributed by atoms with Crippen LogP contribution in [0, 0.1) is 10.1 Å². The van der Waals surface area contributed by atoms with Gasteiger partial charge in [0.25, 0.3) is 5.69 Å². The third-order valence-corrected chi connectivity index (χ3v) is 2.87. The molecule has 5 nitrogen and oxygen atoms in total. The molecule has 1 aromatic rings. The molecule has 0 fully saturated rings. The van der Waals surface area contributed by atoms with Gasteiger partial charge in [-0.05, 0) is 31.0 Å². The quantitative estimate of drug-likeness (QED) is 0.577. The van der Waals surface area contributed by atoms with Crippen molar-refractivity contribution in [3.05, 3.63) is 39.9 Å². The SMILES string of the molecule is CCCC(C)NCC(O)c1ccc([N+](=O)[O-])cc1. The van der Waals surface area contributed by atoms with E-state index in [1.54, 1.807) is 12.1 Å². The molecule has 0 radical (unpaired) electrons. The average molecular weight is 252 g/mol. The maximum atomic E-state index is 10.5. The van der Waals surface area contributed by atoms with Gasteiger partial charge in [0.05, 0.1) is 11.0 Å². The monoisotopic (exact) mass is 252 g/mol. The molecule has 0 saturated heterocycles. The Morgan fingerprint density at radius 1 is 1.39 bits per heavy atom. The van der Waals surface area contributed by atoms with Gasteiger partial charge in [0.1, 0.15) is 0 Å². The van der Waals surface area contributed by atoms with Crippen molar-refractivity contribution in [1.82, 2.24) is 5.32 Å². The van der Waals surface area contributed by atoms with E-state index in [0.717, 1.165) is 12.8 Å². The molecule has 2 unspecified atom stereocenters. The van der Waals surface area contributed by atoms with Crippen molar-refractivity contribution in [2.24, 2.45) is 0 Å². The minimum Gasteiger partial charge on any atom is -0.387 e. The predicted octanol–water partition coefficient (Wildman–Crippen LogP) is 2.41. The van der Waals surface area contributed by atoms with E-state index in [2.05, 4.69) is 19.2 Å². The van der Waals surface area contributed by atoms with E-state index in [1.165, 1.54) is 12.1 Å². The van der Waals surface area contributed by atoms with E-state index in [-0.39, 0.29) is 5.69 Å². The highest BCUT2D eigenvalue weighted by atomic mass is 16.6. The first-order valence-corrected chi connectivity index (χ1v) is 6.20. The van der Waals surface area contributed by atoms with Crippen LogP contribution in [0.2, 0.25) is 0 Å². The molecule has 0 aliphatic heterocycles. The Morgan fingerprint density at radius 3 is 2.50 bits per heavy atom. The molecule has 2 N–H and O–H groups in total. The van der Waals surface area contributed by atoms with Crippen LogP contribution in [0.25, 0.3) is 0 Å². The van der Waals surface area contributed by atoms with Crippen molar-refractivity contribution in [3.8, 4) is 0 Å². The molecule has 100 valence electrons. The van der Waals surface area contributed by atoms with Crippen LogP contribution in [0.5, 0.6) is 0 Å². The van der Waals surface area contributed by atoms with Gasteiger partial charge in [-0.2, -0.15) is 0 Å².